The summed E-state index contributed by atoms with van der Waals surface area (Å²) in [6, 6.07) is 7.56. The van der Waals surface area contributed by atoms with Crippen molar-refractivity contribution < 1.29 is 14.3 Å². The molecule has 0 unspecified atom stereocenters. The highest BCUT2D eigenvalue weighted by molar-refractivity contribution is 7.15. The molecule has 150 valence electrons. The summed E-state index contributed by atoms with van der Waals surface area (Å²) in [5.74, 6) is 1.26. The molecule has 3 heterocycles. The molecule has 1 N–H and O–H groups in total. The van der Waals surface area contributed by atoms with Crippen LogP contribution in [-0.4, -0.2) is 22.7 Å². The SMILES string of the molecule is Cc1cc(Cl)c(CC(=O)Nc2nc(C)c(Cc3ccc4c(c3)OCO4)s2)c(Cl)n1. The number of carbonyl (C=O) groups excluding carboxylic acids is 1. The number of halogens is 2. The Morgan fingerprint density at radius 1 is 1.17 bits per heavy atom. The van der Waals surface area contributed by atoms with Gasteiger partial charge in [-0.3, -0.25) is 4.79 Å². The third-order valence-corrected chi connectivity index (χ3v) is 6.15. The van der Waals surface area contributed by atoms with E-state index in [0.717, 1.165) is 27.6 Å². The van der Waals surface area contributed by atoms with Crippen molar-refractivity contribution in [1.29, 1.82) is 0 Å². The van der Waals surface area contributed by atoms with Gasteiger partial charge in [0.25, 0.3) is 0 Å². The van der Waals surface area contributed by atoms with Crippen molar-refractivity contribution in [1.82, 2.24) is 9.97 Å². The number of aromatic nitrogens is 2. The van der Waals surface area contributed by atoms with Crippen LogP contribution in [0, 0.1) is 13.8 Å². The van der Waals surface area contributed by atoms with Crippen LogP contribution in [-0.2, 0) is 17.6 Å². The van der Waals surface area contributed by atoms with E-state index in [2.05, 4.69) is 15.3 Å². The predicted octanol–water partition coefficient (Wildman–Crippen LogP) is 4.96. The molecule has 0 saturated carbocycles. The summed E-state index contributed by atoms with van der Waals surface area (Å²) in [5.41, 5.74) is 3.16. The number of thiazole rings is 1. The first-order chi connectivity index (χ1) is 13.9. The number of pyridine rings is 1. The number of carbonyl (C=O) groups is 1. The summed E-state index contributed by atoms with van der Waals surface area (Å²) in [7, 11) is 0. The second kappa shape index (κ2) is 8.18. The van der Waals surface area contributed by atoms with Crippen molar-refractivity contribution in [3.8, 4) is 11.5 Å². The molecule has 1 aliphatic rings. The number of nitrogens with zero attached hydrogens (tertiary/aromatic N) is 2. The second-order valence-electron chi connectivity index (χ2n) is 6.63. The lowest BCUT2D eigenvalue weighted by atomic mass is 10.1. The number of aryl methyl sites for hydroxylation is 2. The zero-order valence-corrected chi connectivity index (χ0v) is 18.0. The maximum atomic E-state index is 12.5. The van der Waals surface area contributed by atoms with Gasteiger partial charge < -0.3 is 14.8 Å². The minimum absolute atomic E-state index is 0.0288. The van der Waals surface area contributed by atoms with Gasteiger partial charge in [-0.2, -0.15) is 0 Å². The highest BCUT2D eigenvalue weighted by atomic mass is 35.5. The van der Waals surface area contributed by atoms with Gasteiger partial charge in [0.15, 0.2) is 16.6 Å². The van der Waals surface area contributed by atoms with Crippen molar-refractivity contribution >= 4 is 45.6 Å². The van der Waals surface area contributed by atoms with E-state index in [1.165, 1.54) is 11.3 Å². The van der Waals surface area contributed by atoms with E-state index in [1.807, 2.05) is 25.1 Å². The fourth-order valence-corrected chi connectivity index (χ4v) is 4.66. The van der Waals surface area contributed by atoms with Crippen molar-refractivity contribution in [3.05, 3.63) is 61.8 Å². The van der Waals surface area contributed by atoms with Crippen LogP contribution >= 0.6 is 34.5 Å². The minimum Gasteiger partial charge on any atom is -0.454 e. The highest BCUT2D eigenvalue weighted by Crippen LogP contribution is 2.34. The van der Waals surface area contributed by atoms with Gasteiger partial charge in [0.1, 0.15) is 5.15 Å². The summed E-state index contributed by atoms with van der Waals surface area (Å²) >= 11 is 13.8. The van der Waals surface area contributed by atoms with Gasteiger partial charge >= 0.3 is 0 Å². The van der Waals surface area contributed by atoms with E-state index in [0.29, 0.717) is 27.8 Å². The van der Waals surface area contributed by atoms with Gasteiger partial charge in [-0.15, -0.1) is 11.3 Å². The molecule has 2 aromatic heterocycles. The lowest BCUT2D eigenvalue weighted by Crippen LogP contribution is -2.15. The lowest BCUT2D eigenvalue weighted by Gasteiger charge is -2.07. The van der Waals surface area contributed by atoms with Crippen LogP contribution in [0.2, 0.25) is 10.2 Å². The van der Waals surface area contributed by atoms with Gasteiger partial charge in [-0.25, -0.2) is 9.97 Å². The Balaban J connectivity index is 1.45. The molecule has 4 rings (SSSR count). The molecule has 1 amide bonds. The topological polar surface area (TPSA) is 73.3 Å². The number of fused-ring (bicyclic) bond motifs is 1. The van der Waals surface area contributed by atoms with Crippen LogP contribution in [0.4, 0.5) is 5.13 Å². The normalized spacial score (nSPS) is 12.3. The summed E-state index contributed by atoms with van der Waals surface area (Å²) in [4.78, 5) is 22.1. The van der Waals surface area contributed by atoms with Crippen LogP contribution in [0.1, 0.15) is 27.4 Å². The molecular formula is C20H17Cl2N3O3S. The smallest absolute Gasteiger partial charge is 0.231 e. The Bertz CT molecular complexity index is 1080. The van der Waals surface area contributed by atoms with Crippen molar-refractivity contribution in [2.75, 3.05) is 12.1 Å². The third-order valence-electron chi connectivity index (χ3n) is 4.43. The number of benzene rings is 1. The number of hydrogen-bond donors (Lipinski definition) is 1. The van der Waals surface area contributed by atoms with E-state index in [4.69, 9.17) is 32.7 Å². The van der Waals surface area contributed by atoms with Crippen LogP contribution in [0.3, 0.4) is 0 Å². The molecule has 3 aromatic rings. The first-order valence-corrected chi connectivity index (χ1v) is 10.4. The van der Waals surface area contributed by atoms with Crippen molar-refractivity contribution in [2.24, 2.45) is 0 Å². The number of rotatable bonds is 5. The first kappa shape index (κ1) is 19.9. The molecule has 1 aromatic carbocycles. The van der Waals surface area contributed by atoms with E-state index in [9.17, 15) is 4.79 Å². The Morgan fingerprint density at radius 3 is 2.76 bits per heavy atom. The number of ether oxygens (including phenoxy) is 2. The number of anilines is 1. The second-order valence-corrected chi connectivity index (χ2v) is 8.48. The average molecular weight is 450 g/mol. The van der Waals surface area contributed by atoms with Gasteiger partial charge in [-0.05, 0) is 37.6 Å². The summed E-state index contributed by atoms with van der Waals surface area (Å²) in [6.45, 7) is 3.97. The van der Waals surface area contributed by atoms with Crippen molar-refractivity contribution in [2.45, 2.75) is 26.7 Å². The van der Waals surface area contributed by atoms with Gasteiger partial charge in [0.05, 0.1) is 12.1 Å². The quantitative estimate of drug-likeness (QED) is 0.556. The molecule has 0 fully saturated rings. The molecule has 0 spiro atoms. The van der Waals surface area contributed by atoms with Crippen LogP contribution in [0.25, 0.3) is 0 Å². The maximum Gasteiger partial charge on any atom is 0.231 e. The predicted molar refractivity (Wildman–Crippen MR) is 114 cm³/mol. The van der Waals surface area contributed by atoms with Gasteiger partial charge in [0, 0.05) is 27.6 Å². The fourth-order valence-electron chi connectivity index (χ4n) is 2.99. The van der Waals surface area contributed by atoms with Crippen molar-refractivity contribution in [3.63, 3.8) is 0 Å². The Hall–Kier alpha value is -2.35. The lowest BCUT2D eigenvalue weighted by molar-refractivity contribution is -0.115. The highest BCUT2D eigenvalue weighted by Gasteiger charge is 2.17. The Labute approximate surface area is 181 Å². The van der Waals surface area contributed by atoms with Gasteiger partial charge in [-0.1, -0.05) is 29.3 Å². The molecule has 0 bridgehead atoms. The zero-order chi connectivity index (χ0) is 20.5. The third kappa shape index (κ3) is 4.47. The number of hydrogen-bond acceptors (Lipinski definition) is 6. The zero-order valence-electron chi connectivity index (χ0n) is 15.7. The van der Waals surface area contributed by atoms with E-state index in [-0.39, 0.29) is 24.3 Å². The van der Waals surface area contributed by atoms with Crippen LogP contribution in [0.15, 0.2) is 24.3 Å². The molecule has 9 heteroatoms. The first-order valence-electron chi connectivity index (χ1n) is 8.85. The number of amides is 1. The standard InChI is InChI=1S/C20H17Cl2N3O3S/c1-10-5-14(21)13(19(22)23-10)8-18(26)25-20-24-11(2)17(29-20)7-12-3-4-15-16(6-12)28-9-27-15/h3-6H,7-9H2,1-2H3,(H,24,25,26). The van der Waals surface area contributed by atoms with E-state index in [1.54, 1.807) is 13.0 Å². The molecule has 0 radical (unpaired) electrons. The fraction of sp³-hybridized carbons (Fsp3) is 0.250. The molecule has 0 saturated heterocycles. The van der Waals surface area contributed by atoms with Crippen LogP contribution < -0.4 is 14.8 Å². The molecule has 29 heavy (non-hydrogen) atoms. The van der Waals surface area contributed by atoms with E-state index >= 15 is 0 Å². The summed E-state index contributed by atoms with van der Waals surface area (Å²) in [5, 5.41) is 4.03. The largest absolute Gasteiger partial charge is 0.454 e. The molecule has 0 aliphatic carbocycles. The Kier molecular flexibility index (Phi) is 5.63. The molecular weight excluding hydrogens is 433 g/mol. The van der Waals surface area contributed by atoms with E-state index < -0.39 is 0 Å². The summed E-state index contributed by atoms with van der Waals surface area (Å²) < 4.78 is 10.8. The Morgan fingerprint density at radius 2 is 1.97 bits per heavy atom. The monoisotopic (exact) mass is 449 g/mol. The summed E-state index contributed by atoms with van der Waals surface area (Å²) in [6.07, 6.45) is 0.719. The minimum atomic E-state index is -0.247. The van der Waals surface area contributed by atoms with Crippen LogP contribution in [0.5, 0.6) is 11.5 Å². The molecule has 1 aliphatic heterocycles. The average Bonchev–Trinajstić information content (AvgIpc) is 3.24. The number of nitrogens with one attached hydrogen (secondary N) is 1. The molecule has 6 nitrogen and oxygen atoms in total. The van der Waals surface area contributed by atoms with Gasteiger partial charge in [0.2, 0.25) is 12.7 Å². The maximum absolute atomic E-state index is 12.5. The molecule has 0 atom stereocenters.